The minimum atomic E-state index is -1.13. The van der Waals surface area contributed by atoms with Gasteiger partial charge in [-0.2, -0.15) is 0 Å². The van der Waals surface area contributed by atoms with Gasteiger partial charge in [0, 0.05) is 18.0 Å². The predicted octanol–water partition coefficient (Wildman–Crippen LogP) is 1.83. The molecule has 1 aromatic carbocycles. The average molecular weight is 359 g/mol. The largest absolute Gasteiger partial charge is 0.480 e. The molecule has 7 nitrogen and oxygen atoms in total. The second-order valence-electron chi connectivity index (χ2n) is 6.60. The zero-order valence-electron chi connectivity index (χ0n) is 15.5. The van der Waals surface area contributed by atoms with Crippen LogP contribution in [-0.4, -0.2) is 40.0 Å². The number of hydrogen-bond acceptors (Lipinski definition) is 3. The van der Waals surface area contributed by atoms with Crippen LogP contribution in [0.3, 0.4) is 0 Å². The Balaban J connectivity index is 2.25. The molecule has 0 radical (unpaired) electrons. The lowest BCUT2D eigenvalue weighted by Gasteiger charge is -2.23. The lowest BCUT2D eigenvalue weighted by molar-refractivity contribution is -0.138. The van der Waals surface area contributed by atoms with Crippen molar-refractivity contribution in [1.82, 2.24) is 15.2 Å². The summed E-state index contributed by atoms with van der Waals surface area (Å²) in [5.74, 6) is -2.12. The molecule has 0 spiro atoms. The van der Waals surface area contributed by atoms with Crippen LogP contribution in [0.25, 0.3) is 10.9 Å². The normalized spacial score (nSPS) is 13.2. The van der Waals surface area contributed by atoms with Gasteiger partial charge in [0.25, 0.3) is 5.91 Å². The van der Waals surface area contributed by atoms with Crippen LogP contribution in [0.5, 0.6) is 0 Å². The molecule has 2 aromatic rings. The Morgan fingerprint density at radius 3 is 2.54 bits per heavy atom. The van der Waals surface area contributed by atoms with Gasteiger partial charge in [0.05, 0.1) is 0 Å². The number of carbonyl (C=O) groups excluding carboxylic acids is 2. The summed E-state index contributed by atoms with van der Waals surface area (Å²) in [6, 6.07) is 6.92. The summed E-state index contributed by atoms with van der Waals surface area (Å²) in [7, 11) is 1.80. The Morgan fingerprint density at radius 1 is 1.23 bits per heavy atom. The Kier molecular flexibility index (Phi) is 6.02. The number of nitrogens with one attached hydrogen (secondary N) is 2. The fourth-order valence-corrected chi connectivity index (χ4v) is 2.88. The molecule has 0 saturated heterocycles. The summed E-state index contributed by atoms with van der Waals surface area (Å²) in [4.78, 5) is 35.8. The van der Waals surface area contributed by atoms with Crippen molar-refractivity contribution in [3.05, 3.63) is 35.5 Å². The number of nitrogens with zero attached hydrogens (tertiary/aromatic N) is 1. The van der Waals surface area contributed by atoms with Crippen LogP contribution < -0.4 is 10.6 Å². The zero-order valence-corrected chi connectivity index (χ0v) is 15.5. The molecule has 3 N–H and O–H groups in total. The maximum absolute atomic E-state index is 12.8. The minimum Gasteiger partial charge on any atom is -0.480 e. The number of benzene rings is 1. The van der Waals surface area contributed by atoms with E-state index in [2.05, 4.69) is 10.6 Å². The Morgan fingerprint density at radius 2 is 1.92 bits per heavy atom. The van der Waals surface area contributed by atoms with Crippen molar-refractivity contribution in [2.45, 2.75) is 33.2 Å². The van der Waals surface area contributed by atoms with Crippen molar-refractivity contribution in [3.8, 4) is 0 Å². The van der Waals surface area contributed by atoms with Crippen LogP contribution in [0, 0.1) is 12.8 Å². The van der Waals surface area contributed by atoms with Gasteiger partial charge >= 0.3 is 5.97 Å². The number of aliphatic carboxylic acids is 1. The number of aromatic nitrogens is 1. The van der Waals surface area contributed by atoms with E-state index in [0.717, 1.165) is 16.5 Å². The van der Waals surface area contributed by atoms with E-state index in [1.165, 1.54) is 0 Å². The summed E-state index contributed by atoms with van der Waals surface area (Å²) in [5, 5.41) is 14.8. The molecule has 2 atom stereocenters. The second-order valence-corrected chi connectivity index (χ2v) is 6.60. The molecular formula is C19H25N3O4. The molecule has 26 heavy (non-hydrogen) atoms. The molecular weight excluding hydrogens is 334 g/mol. The van der Waals surface area contributed by atoms with Gasteiger partial charge in [-0.1, -0.05) is 31.9 Å². The molecule has 0 aliphatic heterocycles. The maximum Gasteiger partial charge on any atom is 0.322 e. The third-order valence-corrected chi connectivity index (χ3v) is 4.63. The number of hydrogen-bond donors (Lipinski definition) is 3. The third-order valence-electron chi connectivity index (χ3n) is 4.63. The molecule has 0 aliphatic rings. The average Bonchev–Trinajstić information content (AvgIpc) is 2.92. The summed E-state index contributed by atoms with van der Waals surface area (Å²) in [6.07, 6.45) is 0.666. The lowest BCUT2D eigenvalue weighted by atomic mass is 9.98. The molecule has 7 heteroatoms. The van der Waals surface area contributed by atoms with Gasteiger partial charge in [-0.25, -0.2) is 0 Å². The van der Waals surface area contributed by atoms with Crippen LogP contribution in [-0.2, 0) is 16.6 Å². The van der Waals surface area contributed by atoms with Crippen molar-refractivity contribution < 1.29 is 19.5 Å². The van der Waals surface area contributed by atoms with Gasteiger partial charge in [0.1, 0.15) is 18.3 Å². The fraction of sp³-hybridized carbons (Fsp3) is 0.421. The van der Waals surface area contributed by atoms with E-state index in [9.17, 15) is 14.4 Å². The molecule has 0 saturated carbocycles. The summed E-state index contributed by atoms with van der Waals surface area (Å²) < 4.78 is 1.78. The smallest absolute Gasteiger partial charge is 0.322 e. The van der Waals surface area contributed by atoms with Gasteiger partial charge in [0.15, 0.2) is 0 Å². The predicted molar refractivity (Wildman–Crippen MR) is 99.0 cm³/mol. The number of amides is 2. The maximum atomic E-state index is 12.8. The molecule has 1 heterocycles. The van der Waals surface area contributed by atoms with Crippen molar-refractivity contribution in [2.24, 2.45) is 13.0 Å². The van der Waals surface area contributed by atoms with Crippen molar-refractivity contribution in [2.75, 3.05) is 6.54 Å². The van der Waals surface area contributed by atoms with Gasteiger partial charge in [-0.15, -0.1) is 0 Å². The van der Waals surface area contributed by atoms with Gasteiger partial charge in [-0.3, -0.25) is 14.4 Å². The quantitative estimate of drug-likeness (QED) is 0.702. The number of rotatable bonds is 7. The Bertz CT molecular complexity index is 841. The Hall–Kier alpha value is -2.83. The van der Waals surface area contributed by atoms with Gasteiger partial charge in [0.2, 0.25) is 5.91 Å². The lowest BCUT2D eigenvalue weighted by Crippen LogP contribution is -2.51. The molecule has 140 valence electrons. The first kappa shape index (κ1) is 19.5. The van der Waals surface area contributed by atoms with Crippen LogP contribution in [0.2, 0.25) is 0 Å². The molecule has 0 fully saturated rings. The van der Waals surface area contributed by atoms with E-state index >= 15 is 0 Å². The first-order valence-corrected chi connectivity index (χ1v) is 8.61. The topological polar surface area (TPSA) is 100 Å². The minimum absolute atomic E-state index is 0.135. The molecule has 0 aliphatic carbocycles. The summed E-state index contributed by atoms with van der Waals surface area (Å²) >= 11 is 0. The zero-order chi connectivity index (χ0) is 19.4. The van der Waals surface area contributed by atoms with Gasteiger partial charge in [-0.05, 0) is 31.0 Å². The first-order chi connectivity index (χ1) is 12.2. The Labute approximate surface area is 152 Å². The molecule has 2 unspecified atom stereocenters. The monoisotopic (exact) mass is 359 g/mol. The van der Waals surface area contributed by atoms with Crippen LogP contribution in [0.1, 0.15) is 36.3 Å². The highest BCUT2D eigenvalue weighted by atomic mass is 16.4. The summed E-state index contributed by atoms with van der Waals surface area (Å²) in [5.41, 5.74) is 2.47. The molecule has 0 bridgehead atoms. The first-order valence-electron chi connectivity index (χ1n) is 8.61. The van der Waals surface area contributed by atoms with Crippen LogP contribution >= 0.6 is 0 Å². The SMILES string of the molecule is CCC(C)C(NC(=O)c1cc2cc(C)ccc2n1C)C(=O)NCC(=O)O. The standard InChI is InChI=1S/C19H25N3O4/c1-5-12(3)17(19(26)20-10-16(23)24)21-18(25)15-9-13-8-11(2)6-7-14(13)22(15)4/h6-9,12,17H,5,10H2,1-4H3,(H,20,26)(H,21,25)(H,23,24). The molecule has 1 aromatic heterocycles. The highest BCUT2D eigenvalue weighted by molar-refractivity contribution is 6.01. The second kappa shape index (κ2) is 8.03. The van der Waals surface area contributed by atoms with Crippen LogP contribution in [0.15, 0.2) is 24.3 Å². The van der Waals surface area contributed by atoms with E-state index < -0.39 is 24.5 Å². The van der Waals surface area contributed by atoms with Gasteiger partial charge < -0.3 is 20.3 Å². The number of fused-ring (bicyclic) bond motifs is 1. The van der Waals surface area contributed by atoms with Crippen molar-refractivity contribution >= 4 is 28.7 Å². The number of aryl methyl sites for hydroxylation is 2. The van der Waals surface area contributed by atoms with E-state index in [4.69, 9.17) is 5.11 Å². The van der Waals surface area contributed by atoms with Crippen LogP contribution in [0.4, 0.5) is 0 Å². The van der Waals surface area contributed by atoms with Crippen molar-refractivity contribution in [1.29, 1.82) is 0 Å². The molecule has 2 rings (SSSR count). The molecule has 2 amide bonds. The van der Waals surface area contributed by atoms with E-state index in [0.29, 0.717) is 12.1 Å². The van der Waals surface area contributed by atoms with E-state index in [1.807, 2.05) is 39.0 Å². The fourth-order valence-electron chi connectivity index (χ4n) is 2.88. The number of carboxylic acids is 1. The summed E-state index contributed by atoms with van der Waals surface area (Å²) in [6.45, 7) is 5.26. The number of carboxylic acid groups (broad SMARTS) is 1. The third kappa shape index (κ3) is 4.22. The van der Waals surface area contributed by atoms with Crippen molar-refractivity contribution in [3.63, 3.8) is 0 Å². The van der Waals surface area contributed by atoms with E-state index in [-0.39, 0.29) is 11.8 Å². The highest BCUT2D eigenvalue weighted by Crippen LogP contribution is 2.20. The highest BCUT2D eigenvalue weighted by Gasteiger charge is 2.27. The van der Waals surface area contributed by atoms with E-state index in [1.54, 1.807) is 17.7 Å². The number of carbonyl (C=O) groups is 3.